The minimum absolute atomic E-state index is 0.0828. The van der Waals surface area contributed by atoms with Gasteiger partial charge in [0.15, 0.2) is 0 Å². The Morgan fingerprint density at radius 1 is 1.11 bits per heavy atom. The normalized spacial score (nSPS) is 18.5. The number of halogens is 1. The van der Waals surface area contributed by atoms with E-state index in [1.807, 2.05) is 0 Å². The van der Waals surface area contributed by atoms with E-state index in [4.69, 9.17) is 9.47 Å². The van der Waals surface area contributed by atoms with Crippen molar-refractivity contribution in [2.75, 3.05) is 27.4 Å². The van der Waals surface area contributed by atoms with Crippen LogP contribution >= 0.6 is 0 Å². The molecule has 0 spiro atoms. The lowest BCUT2D eigenvalue weighted by Crippen LogP contribution is -2.33. The molecule has 146 valence electrons. The third-order valence-corrected chi connectivity index (χ3v) is 4.64. The summed E-state index contributed by atoms with van der Waals surface area (Å²) < 4.78 is 24.6. The summed E-state index contributed by atoms with van der Waals surface area (Å²) in [5, 5.41) is 10.8. The zero-order valence-electron chi connectivity index (χ0n) is 15.5. The van der Waals surface area contributed by atoms with E-state index in [9.17, 15) is 19.1 Å². The molecule has 1 aliphatic rings. The lowest BCUT2D eigenvalue weighted by Gasteiger charge is -2.25. The van der Waals surface area contributed by atoms with Crippen molar-refractivity contribution in [2.45, 2.75) is 6.04 Å². The Bertz CT molecular complexity index is 923. The number of carbonyl (C=O) groups excluding carboxylic acids is 2. The number of ether oxygens (including phenoxy) is 2. The first-order chi connectivity index (χ1) is 13.5. The highest BCUT2D eigenvalue weighted by Crippen LogP contribution is 2.40. The van der Waals surface area contributed by atoms with E-state index in [1.54, 1.807) is 30.3 Å². The second kappa shape index (κ2) is 8.22. The second-order valence-corrected chi connectivity index (χ2v) is 6.24. The van der Waals surface area contributed by atoms with E-state index in [0.717, 1.165) is 0 Å². The molecule has 6 nitrogen and oxygen atoms in total. The Labute approximate surface area is 161 Å². The van der Waals surface area contributed by atoms with Crippen LogP contribution < -0.4 is 4.74 Å². The van der Waals surface area contributed by atoms with Gasteiger partial charge in [-0.1, -0.05) is 18.2 Å². The average Bonchev–Trinajstić information content (AvgIpc) is 2.96. The van der Waals surface area contributed by atoms with Crippen LogP contribution in [0.1, 0.15) is 17.2 Å². The highest BCUT2D eigenvalue weighted by molar-refractivity contribution is 6.46. The van der Waals surface area contributed by atoms with Crippen LogP contribution in [0.3, 0.4) is 0 Å². The highest BCUT2D eigenvalue weighted by Gasteiger charge is 2.46. The van der Waals surface area contributed by atoms with Gasteiger partial charge in [-0.2, -0.15) is 0 Å². The molecule has 1 N–H and O–H groups in total. The summed E-state index contributed by atoms with van der Waals surface area (Å²) in [7, 11) is 2.97. The van der Waals surface area contributed by atoms with Crippen LogP contribution in [0.5, 0.6) is 5.75 Å². The number of Topliss-reactive ketones (excluding diaryl/α,β-unsaturated/α-hetero) is 1. The quantitative estimate of drug-likeness (QED) is 0.470. The number of amides is 1. The molecule has 0 saturated carbocycles. The topological polar surface area (TPSA) is 76.1 Å². The van der Waals surface area contributed by atoms with Gasteiger partial charge in [0.2, 0.25) is 0 Å². The first kappa shape index (κ1) is 19.6. The Balaban J connectivity index is 2.16. The van der Waals surface area contributed by atoms with Crippen molar-refractivity contribution in [2.24, 2.45) is 0 Å². The molecule has 1 fully saturated rings. The molecule has 28 heavy (non-hydrogen) atoms. The average molecular weight is 385 g/mol. The first-order valence-electron chi connectivity index (χ1n) is 8.65. The van der Waals surface area contributed by atoms with Gasteiger partial charge in [0.1, 0.15) is 17.3 Å². The van der Waals surface area contributed by atoms with Gasteiger partial charge < -0.3 is 19.5 Å². The molecule has 7 heteroatoms. The summed E-state index contributed by atoms with van der Waals surface area (Å²) in [4.78, 5) is 26.5. The Kier molecular flexibility index (Phi) is 5.75. The Morgan fingerprint density at radius 3 is 2.39 bits per heavy atom. The maximum atomic E-state index is 14.5. The summed E-state index contributed by atoms with van der Waals surface area (Å²) in [6.07, 6.45) is 0. The molecule has 1 aliphatic heterocycles. The third-order valence-electron chi connectivity index (χ3n) is 4.64. The number of hydrogen-bond acceptors (Lipinski definition) is 5. The summed E-state index contributed by atoms with van der Waals surface area (Å²) in [5.41, 5.74) is 0.302. The van der Waals surface area contributed by atoms with Crippen molar-refractivity contribution in [1.29, 1.82) is 0 Å². The summed E-state index contributed by atoms with van der Waals surface area (Å²) in [6, 6.07) is 11.2. The second-order valence-electron chi connectivity index (χ2n) is 6.24. The van der Waals surface area contributed by atoms with Gasteiger partial charge in [-0.25, -0.2) is 4.39 Å². The summed E-state index contributed by atoms with van der Waals surface area (Å²) in [6.45, 7) is 0.250. The van der Waals surface area contributed by atoms with E-state index in [2.05, 4.69) is 0 Å². The van der Waals surface area contributed by atoms with E-state index in [1.165, 1.54) is 37.3 Å². The number of hydrogen-bond donors (Lipinski definition) is 1. The summed E-state index contributed by atoms with van der Waals surface area (Å²) >= 11 is 0. The fraction of sp³-hybridized carbons (Fsp3) is 0.238. The Morgan fingerprint density at radius 2 is 1.79 bits per heavy atom. The lowest BCUT2D eigenvalue weighted by molar-refractivity contribution is -0.140. The summed E-state index contributed by atoms with van der Waals surface area (Å²) in [5.74, 6) is -2.03. The van der Waals surface area contributed by atoms with Crippen molar-refractivity contribution in [1.82, 2.24) is 4.90 Å². The number of carbonyl (C=O) groups is 2. The van der Waals surface area contributed by atoms with Gasteiger partial charge in [0.25, 0.3) is 11.7 Å². The Hall–Kier alpha value is -3.19. The molecule has 1 atom stereocenters. The van der Waals surface area contributed by atoms with Crippen molar-refractivity contribution in [3.05, 3.63) is 71.0 Å². The monoisotopic (exact) mass is 385 g/mol. The fourth-order valence-electron chi connectivity index (χ4n) is 3.22. The van der Waals surface area contributed by atoms with E-state index in [0.29, 0.717) is 11.3 Å². The number of likely N-dealkylation sites (tertiary alicyclic amines) is 1. The van der Waals surface area contributed by atoms with Crippen molar-refractivity contribution < 1.29 is 28.6 Å². The molecule has 0 unspecified atom stereocenters. The molecular formula is C21H20FNO5. The number of aliphatic hydroxyl groups is 1. The van der Waals surface area contributed by atoms with Gasteiger partial charge in [-0.15, -0.1) is 0 Å². The molecule has 2 aromatic rings. The van der Waals surface area contributed by atoms with Crippen LogP contribution in [0, 0.1) is 5.82 Å². The number of nitrogens with zero attached hydrogens (tertiary/aromatic N) is 1. The maximum absolute atomic E-state index is 14.5. The highest BCUT2D eigenvalue weighted by atomic mass is 19.1. The van der Waals surface area contributed by atoms with Crippen LogP contribution in [0.15, 0.2) is 54.1 Å². The fourth-order valence-corrected chi connectivity index (χ4v) is 3.22. The number of methoxy groups -OCH3 is 2. The SMILES string of the molecule is COCCN1C(=O)C(=O)/C(=C(/O)c2ccc(OC)cc2)[C@@H]1c1ccccc1F. The van der Waals surface area contributed by atoms with Crippen LogP contribution in [0.2, 0.25) is 0 Å². The molecule has 0 radical (unpaired) electrons. The van der Waals surface area contributed by atoms with Gasteiger partial charge in [0.05, 0.1) is 25.3 Å². The first-order valence-corrected chi connectivity index (χ1v) is 8.65. The zero-order valence-corrected chi connectivity index (χ0v) is 15.5. The van der Waals surface area contributed by atoms with Crippen molar-refractivity contribution >= 4 is 17.4 Å². The number of rotatable bonds is 6. The lowest BCUT2D eigenvalue weighted by atomic mass is 9.95. The maximum Gasteiger partial charge on any atom is 0.295 e. The van der Waals surface area contributed by atoms with E-state index >= 15 is 0 Å². The van der Waals surface area contributed by atoms with E-state index in [-0.39, 0.29) is 30.0 Å². The number of aliphatic hydroxyl groups excluding tert-OH is 1. The van der Waals surface area contributed by atoms with E-state index < -0.39 is 23.5 Å². The van der Waals surface area contributed by atoms with Gasteiger partial charge >= 0.3 is 0 Å². The van der Waals surface area contributed by atoms with Gasteiger partial charge in [-0.3, -0.25) is 9.59 Å². The molecule has 1 amide bonds. The van der Waals surface area contributed by atoms with Crippen molar-refractivity contribution in [3.8, 4) is 5.75 Å². The van der Waals surface area contributed by atoms with Crippen molar-refractivity contribution in [3.63, 3.8) is 0 Å². The van der Waals surface area contributed by atoms with Crippen LogP contribution in [-0.4, -0.2) is 49.1 Å². The minimum Gasteiger partial charge on any atom is -0.507 e. The van der Waals surface area contributed by atoms with Crippen LogP contribution in [-0.2, 0) is 14.3 Å². The number of benzene rings is 2. The molecule has 3 rings (SSSR count). The number of ketones is 1. The van der Waals surface area contributed by atoms with Gasteiger partial charge in [0, 0.05) is 24.8 Å². The minimum atomic E-state index is -1.04. The third kappa shape index (κ3) is 3.48. The predicted octanol–water partition coefficient (Wildman–Crippen LogP) is 2.90. The van der Waals surface area contributed by atoms with Gasteiger partial charge in [-0.05, 0) is 30.3 Å². The zero-order chi connectivity index (χ0) is 20.3. The molecular weight excluding hydrogens is 365 g/mol. The largest absolute Gasteiger partial charge is 0.507 e. The molecule has 0 aromatic heterocycles. The molecule has 0 aliphatic carbocycles. The smallest absolute Gasteiger partial charge is 0.295 e. The standard InChI is InChI=1S/C21H20FNO5/c1-27-12-11-23-18(15-5-3-4-6-16(15)22)17(20(25)21(23)26)19(24)13-7-9-14(28-2)10-8-13/h3-10,18,24H,11-12H2,1-2H3/b19-17+/t18-/m0/s1. The molecule has 1 heterocycles. The molecule has 2 aromatic carbocycles. The van der Waals surface area contributed by atoms with Crippen LogP contribution in [0.4, 0.5) is 4.39 Å². The molecule has 1 saturated heterocycles. The predicted molar refractivity (Wildman–Crippen MR) is 100 cm³/mol. The van der Waals surface area contributed by atoms with Crippen LogP contribution in [0.25, 0.3) is 5.76 Å². The molecule has 0 bridgehead atoms.